The number of pyridine rings is 2. The third kappa shape index (κ3) is 3.96. The highest BCUT2D eigenvalue weighted by Crippen LogP contribution is 2.23. The number of amides is 1. The fourth-order valence-electron chi connectivity index (χ4n) is 3.52. The monoisotopic (exact) mass is 408 g/mol. The van der Waals surface area contributed by atoms with Crippen molar-refractivity contribution in [2.45, 2.75) is 13.5 Å². The van der Waals surface area contributed by atoms with Gasteiger partial charge in [0.25, 0.3) is 5.91 Å². The van der Waals surface area contributed by atoms with Crippen molar-refractivity contribution < 1.29 is 9.53 Å². The molecule has 1 amide bonds. The van der Waals surface area contributed by atoms with Crippen LogP contribution in [0.5, 0.6) is 5.75 Å². The smallest absolute Gasteiger partial charge is 0.255 e. The summed E-state index contributed by atoms with van der Waals surface area (Å²) in [5, 5.41) is 3.87. The summed E-state index contributed by atoms with van der Waals surface area (Å²) < 4.78 is 7.88. The molecule has 5 rings (SSSR count). The van der Waals surface area contributed by atoms with Crippen molar-refractivity contribution in [3.63, 3.8) is 0 Å². The van der Waals surface area contributed by atoms with E-state index in [1.54, 1.807) is 18.3 Å². The van der Waals surface area contributed by atoms with Crippen molar-refractivity contribution in [1.82, 2.24) is 14.4 Å². The van der Waals surface area contributed by atoms with Crippen LogP contribution in [0, 0.1) is 6.92 Å². The molecule has 0 unspecified atom stereocenters. The number of fused-ring (bicyclic) bond motifs is 2. The van der Waals surface area contributed by atoms with Gasteiger partial charge in [0.2, 0.25) is 0 Å². The number of carbonyl (C=O) groups is 1. The molecule has 0 aliphatic heterocycles. The highest BCUT2D eigenvalue weighted by Gasteiger charge is 2.10. The average molecular weight is 408 g/mol. The molecule has 0 spiro atoms. The number of anilines is 1. The zero-order chi connectivity index (χ0) is 21.2. The Bertz CT molecular complexity index is 1400. The maximum atomic E-state index is 12.8. The normalized spacial score (nSPS) is 11.0. The first-order valence-corrected chi connectivity index (χ1v) is 9.98. The van der Waals surface area contributed by atoms with Gasteiger partial charge in [0, 0.05) is 29.5 Å². The van der Waals surface area contributed by atoms with Crippen molar-refractivity contribution in [3.05, 3.63) is 102 Å². The molecule has 0 radical (unpaired) electrons. The Balaban J connectivity index is 1.31. The number of benzene rings is 2. The Kier molecular flexibility index (Phi) is 4.80. The number of nitrogens with one attached hydrogen (secondary N) is 1. The van der Waals surface area contributed by atoms with Crippen LogP contribution in [0.15, 0.2) is 85.3 Å². The molecule has 0 saturated carbocycles. The summed E-state index contributed by atoms with van der Waals surface area (Å²) in [6.07, 6.45) is 5.71. The van der Waals surface area contributed by atoms with E-state index in [9.17, 15) is 4.79 Å². The largest absolute Gasteiger partial charge is 0.487 e. The molecule has 0 bridgehead atoms. The molecule has 0 atom stereocenters. The second-order valence-corrected chi connectivity index (χ2v) is 7.35. The Labute approximate surface area is 179 Å². The van der Waals surface area contributed by atoms with E-state index in [1.807, 2.05) is 78.3 Å². The Morgan fingerprint density at radius 2 is 1.94 bits per heavy atom. The number of carbonyl (C=O) groups excluding carboxylic acids is 1. The number of imidazole rings is 1. The minimum Gasteiger partial charge on any atom is -0.487 e. The standard InChI is InChI=1S/C25H20N4O2/c1-17-10-11-24-27-19(15-29(24)14-17)16-31-20-6-2-5-18(13-20)25(30)28-23-9-3-8-22-21(23)7-4-12-26-22/h2-15H,16H2,1H3,(H,28,30). The third-order valence-electron chi connectivity index (χ3n) is 5.03. The minimum atomic E-state index is -0.204. The lowest BCUT2D eigenvalue weighted by Gasteiger charge is -2.10. The van der Waals surface area contributed by atoms with Crippen LogP contribution in [0.1, 0.15) is 21.6 Å². The molecular weight excluding hydrogens is 388 g/mol. The predicted molar refractivity (Wildman–Crippen MR) is 120 cm³/mol. The van der Waals surface area contributed by atoms with Gasteiger partial charge in [0.05, 0.1) is 16.9 Å². The molecule has 0 fully saturated rings. The van der Waals surface area contributed by atoms with Gasteiger partial charge < -0.3 is 14.5 Å². The molecule has 0 aliphatic carbocycles. The number of nitrogens with zero attached hydrogens (tertiary/aromatic N) is 3. The van der Waals surface area contributed by atoms with Gasteiger partial charge >= 0.3 is 0 Å². The first-order chi connectivity index (χ1) is 15.2. The summed E-state index contributed by atoms with van der Waals surface area (Å²) in [7, 11) is 0. The first-order valence-electron chi connectivity index (χ1n) is 9.98. The molecule has 6 nitrogen and oxygen atoms in total. The van der Waals surface area contributed by atoms with E-state index in [1.165, 1.54) is 0 Å². The molecule has 152 valence electrons. The van der Waals surface area contributed by atoms with Gasteiger partial charge in [-0.05, 0) is 61.0 Å². The van der Waals surface area contributed by atoms with E-state index >= 15 is 0 Å². The SMILES string of the molecule is Cc1ccc2nc(COc3cccc(C(=O)Nc4cccc5ncccc45)c3)cn2c1. The molecule has 5 aromatic rings. The van der Waals surface area contributed by atoms with Crippen LogP contribution in [0.3, 0.4) is 0 Å². The lowest BCUT2D eigenvalue weighted by Crippen LogP contribution is -2.12. The number of hydrogen-bond acceptors (Lipinski definition) is 4. The maximum Gasteiger partial charge on any atom is 0.255 e. The van der Waals surface area contributed by atoms with Gasteiger partial charge in [-0.1, -0.05) is 18.2 Å². The van der Waals surface area contributed by atoms with Crippen molar-refractivity contribution in [3.8, 4) is 5.75 Å². The van der Waals surface area contributed by atoms with Crippen molar-refractivity contribution >= 4 is 28.1 Å². The molecule has 0 saturated heterocycles. The zero-order valence-electron chi connectivity index (χ0n) is 16.9. The van der Waals surface area contributed by atoms with Crippen LogP contribution in [-0.2, 0) is 6.61 Å². The molecule has 3 heterocycles. The summed E-state index contributed by atoms with van der Waals surface area (Å²) >= 11 is 0. The van der Waals surface area contributed by atoms with E-state index in [4.69, 9.17) is 4.74 Å². The van der Waals surface area contributed by atoms with Gasteiger partial charge in [0.15, 0.2) is 0 Å². The molecule has 0 aliphatic rings. The number of rotatable bonds is 5. The van der Waals surface area contributed by atoms with Gasteiger partial charge in [-0.15, -0.1) is 0 Å². The first kappa shape index (κ1) is 18.8. The van der Waals surface area contributed by atoms with E-state index in [-0.39, 0.29) is 5.91 Å². The van der Waals surface area contributed by atoms with Crippen LogP contribution in [0.2, 0.25) is 0 Å². The fourth-order valence-corrected chi connectivity index (χ4v) is 3.52. The highest BCUT2D eigenvalue weighted by atomic mass is 16.5. The zero-order valence-corrected chi connectivity index (χ0v) is 16.9. The van der Waals surface area contributed by atoms with E-state index < -0.39 is 0 Å². The van der Waals surface area contributed by atoms with Crippen LogP contribution in [0.25, 0.3) is 16.6 Å². The quantitative estimate of drug-likeness (QED) is 0.443. The average Bonchev–Trinajstić information content (AvgIpc) is 3.20. The van der Waals surface area contributed by atoms with Gasteiger partial charge in [-0.2, -0.15) is 0 Å². The second kappa shape index (κ2) is 7.91. The van der Waals surface area contributed by atoms with Crippen LogP contribution < -0.4 is 10.1 Å². The van der Waals surface area contributed by atoms with Crippen LogP contribution in [-0.4, -0.2) is 20.3 Å². The molecule has 31 heavy (non-hydrogen) atoms. The van der Waals surface area contributed by atoms with Crippen LogP contribution in [0.4, 0.5) is 5.69 Å². The predicted octanol–water partition coefficient (Wildman–Crippen LogP) is 5.02. The summed E-state index contributed by atoms with van der Waals surface area (Å²) in [6.45, 7) is 2.36. The Hall–Kier alpha value is -4.19. The molecular formula is C25H20N4O2. The fraction of sp³-hybridized carbons (Fsp3) is 0.0800. The van der Waals surface area contributed by atoms with Gasteiger partial charge in [-0.3, -0.25) is 9.78 Å². The van der Waals surface area contributed by atoms with E-state index in [0.717, 1.165) is 33.5 Å². The lowest BCUT2D eigenvalue weighted by molar-refractivity contribution is 0.102. The summed E-state index contributed by atoms with van der Waals surface area (Å²) in [6, 6.07) is 20.6. The van der Waals surface area contributed by atoms with Crippen molar-refractivity contribution in [1.29, 1.82) is 0 Å². The number of aryl methyl sites for hydroxylation is 1. The van der Waals surface area contributed by atoms with Crippen LogP contribution >= 0.6 is 0 Å². The third-order valence-corrected chi connectivity index (χ3v) is 5.03. The molecule has 1 N–H and O–H groups in total. The molecule has 6 heteroatoms. The Morgan fingerprint density at radius 1 is 1.03 bits per heavy atom. The molecule has 2 aromatic carbocycles. The minimum absolute atomic E-state index is 0.204. The summed E-state index contributed by atoms with van der Waals surface area (Å²) in [5.74, 6) is 0.408. The molecule has 3 aromatic heterocycles. The number of aromatic nitrogens is 3. The number of hydrogen-bond donors (Lipinski definition) is 1. The highest BCUT2D eigenvalue weighted by molar-refractivity contribution is 6.08. The van der Waals surface area contributed by atoms with E-state index in [2.05, 4.69) is 15.3 Å². The second-order valence-electron chi connectivity index (χ2n) is 7.35. The van der Waals surface area contributed by atoms with Crippen molar-refractivity contribution in [2.75, 3.05) is 5.32 Å². The van der Waals surface area contributed by atoms with Crippen molar-refractivity contribution in [2.24, 2.45) is 0 Å². The number of ether oxygens (including phenoxy) is 1. The lowest BCUT2D eigenvalue weighted by atomic mass is 10.1. The van der Waals surface area contributed by atoms with Gasteiger partial charge in [0.1, 0.15) is 18.0 Å². The summed E-state index contributed by atoms with van der Waals surface area (Å²) in [5.41, 5.74) is 4.94. The summed E-state index contributed by atoms with van der Waals surface area (Å²) in [4.78, 5) is 21.7. The topological polar surface area (TPSA) is 68.5 Å². The van der Waals surface area contributed by atoms with E-state index in [0.29, 0.717) is 17.9 Å². The van der Waals surface area contributed by atoms with Gasteiger partial charge in [-0.25, -0.2) is 4.98 Å². The maximum absolute atomic E-state index is 12.8. The Morgan fingerprint density at radius 3 is 2.87 bits per heavy atom.